The number of hydrogen-bond acceptors (Lipinski definition) is 3. The van der Waals surface area contributed by atoms with E-state index in [9.17, 15) is 5.11 Å². The van der Waals surface area contributed by atoms with Crippen molar-refractivity contribution in [1.82, 2.24) is 5.32 Å². The topological polar surface area (TPSA) is 32.3 Å². The number of halogens is 1. The van der Waals surface area contributed by atoms with Crippen LogP contribution in [0.15, 0.2) is 24.3 Å². The quantitative estimate of drug-likeness (QED) is 0.630. The third-order valence-electron chi connectivity index (χ3n) is 3.93. The first-order valence-corrected chi connectivity index (χ1v) is 9.35. The minimum Gasteiger partial charge on any atom is -0.394 e. The molecule has 1 unspecified atom stereocenters. The van der Waals surface area contributed by atoms with E-state index in [2.05, 4.69) is 24.4 Å². The van der Waals surface area contributed by atoms with Crippen LogP contribution in [0.3, 0.4) is 0 Å². The second-order valence-corrected chi connectivity index (χ2v) is 7.82. The molecule has 1 atom stereocenters. The molecule has 1 fully saturated rings. The molecule has 0 heterocycles. The van der Waals surface area contributed by atoms with Crippen molar-refractivity contribution in [2.24, 2.45) is 0 Å². The molecule has 0 aromatic heterocycles. The van der Waals surface area contributed by atoms with Crippen LogP contribution >= 0.6 is 23.4 Å². The first-order valence-electron chi connectivity index (χ1n) is 7.82. The van der Waals surface area contributed by atoms with Crippen molar-refractivity contribution < 1.29 is 5.11 Å². The Morgan fingerprint density at radius 3 is 2.62 bits per heavy atom. The van der Waals surface area contributed by atoms with Gasteiger partial charge in [0.1, 0.15) is 0 Å². The monoisotopic (exact) mass is 327 g/mol. The maximum Gasteiger partial charge on any atom is 0.0610 e. The lowest BCUT2D eigenvalue weighted by atomic mass is 9.96. The summed E-state index contributed by atoms with van der Waals surface area (Å²) >= 11 is 7.85. The van der Waals surface area contributed by atoms with Crippen LogP contribution in [0.2, 0.25) is 5.02 Å². The number of aliphatic hydroxyl groups is 1. The number of thioether (sulfide) groups is 1. The van der Waals surface area contributed by atoms with E-state index < -0.39 is 0 Å². The van der Waals surface area contributed by atoms with Crippen LogP contribution in [0.4, 0.5) is 0 Å². The molecule has 0 saturated heterocycles. The molecule has 1 aliphatic rings. The molecule has 2 rings (SSSR count). The van der Waals surface area contributed by atoms with Crippen molar-refractivity contribution in [3.63, 3.8) is 0 Å². The first kappa shape index (κ1) is 17.1. The molecule has 1 saturated carbocycles. The van der Waals surface area contributed by atoms with Crippen LogP contribution in [0.1, 0.15) is 44.6 Å². The minimum absolute atomic E-state index is 0.0813. The van der Waals surface area contributed by atoms with E-state index >= 15 is 0 Å². The van der Waals surface area contributed by atoms with Crippen molar-refractivity contribution >= 4 is 23.4 Å². The number of nitrogens with one attached hydrogen (secondary N) is 1. The van der Waals surface area contributed by atoms with Gasteiger partial charge < -0.3 is 10.4 Å². The van der Waals surface area contributed by atoms with Gasteiger partial charge in [-0.15, -0.1) is 0 Å². The van der Waals surface area contributed by atoms with Crippen molar-refractivity contribution in [2.45, 2.75) is 56.4 Å². The SMILES string of the molecule is CC(CO)(CCCCSCc1ccc(Cl)cc1)NC1CC1. The lowest BCUT2D eigenvalue weighted by Gasteiger charge is -2.29. The van der Waals surface area contributed by atoms with Gasteiger partial charge in [0.2, 0.25) is 0 Å². The zero-order chi connectivity index (χ0) is 15.1. The van der Waals surface area contributed by atoms with Gasteiger partial charge in [0.05, 0.1) is 6.61 Å². The van der Waals surface area contributed by atoms with Crippen molar-refractivity contribution in [1.29, 1.82) is 0 Å². The molecule has 0 aliphatic heterocycles. The Hall–Kier alpha value is -0.220. The summed E-state index contributed by atoms with van der Waals surface area (Å²) in [5.41, 5.74) is 1.25. The molecular formula is C17H26ClNOS. The maximum atomic E-state index is 9.56. The summed E-state index contributed by atoms with van der Waals surface area (Å²) in [6.45, 7) is 2.38. The number of benzene rings is 1. The fourth-order valence-electron chi connectivity index (χ4n) is 2.41. The highest BCUT2D eigenvalue weighted by molar-refractivity contribution is 7.98. The van der Waals surface area contributed by atoms with Crippen LogP contribution in [0.5, 0.6) is 0 Å². The van der Waals surface area contributed by atoms with Crippen LogP contribution < -0.4 is 5.32 Å². The van der Waals surface area contributed by atoms with Gasteiger partial charge in [0.25, 0.3) is 0 Å². The van der Waals surface area contributed by atoms with E-state index in [0.717, 1.165) is 17.2 Å². The number of unbranched alkanes of at least 4 members (excludes halogenated alkanes) is 1. The highest BCUT2D eigenvalue weighted by Crippen LogP contribution is 2.25. The maximum absolute atomic E-state index is 9.56. The predicted molar refractivity (Wildman–Crippen MR) is 93.1 cm³/mol. The average Bonchev–Trinajstić information content (AvgIpc) is 3.28. The summed E-state index contributed by atoms with van der Waals surface area (Å²) in [4.78, 5) is 0. The second kappa shape index (κ2) is 8.42. The smallest absolute Gasteiger partial charge is 0.0610 e. The Morgan fingerprint density at radius 2 is 2.00 bits per heavy atom. The molecule has 1 aromatic carbocycles. The van der Waals surface area contributed by atoms with E-state index in [1.165, 1.54) is 37.0 Å². The fraction of sp³-hybridized carbons (Fsp3) is 0.647. The Labute approximate surface area is 137 Å². The highest BCUT2D eigenvalue weighted by Gasteiger charge is 2.31. The molecule has 1 aliphatic carbocycles. The standard InChI is InChI=1S/C17H26ClNOS/c1-17(13-20,19-16-8-9-16)10-2-3-11-21-12-14-4-6-15(18)7-5-14/h4-7,16,19-20H,2-3,8-13H2,1H3. The van der Waals surface area contributed by atoms with Crippen molar-refractivity contribution in [3.8, 4) is 0 Å². The van der Waals surface area contributed by atoms with Crippen LogP contribution in [0, 0.1) is 0 Å². The van der Waals surface area contributed by atoms with E-state index in [-0.39, 0.29) is 12.1 Å². The Balaban J connectivity index is 1.55. The number of rotatable bonds is 10. The van der Waals surface area contributed by atoms with Gasteiger partial charge >= 0.3 is 0 Å². The van der Waals surface area contributed by atoms with Crippen molar-refractivity contribution in [2.75, 3.05) is 12.4 Å². The lowest BCUT2D eigenvalue weighted by molar-refractivity contribution is 0.161. The van der Waals surface area contributed by atoms with E-state index in [4.69, 9.17) is 11.6 Å². The van der Waals surface area contributed by atoms with Gasteiger partial charge in [-0.2, -0.15) is 11.8 Å². The third kappa shape index (κ3) is 6.60. The Kier molecular flexibility index (Phi) is 6.87. The largest absolute Gasteiger partial charge is 0.394 e. The highest BCUT2D eigenvalue weighted by atomic mass is 35.5. The molecule has 2 nitrogen and oxygen atoms in total. The normalized spacial score (nSPS) is 17.7. The average molecular weight is 328 g/mol. The van der Waals surface area contributed by atoms with E-state index in [1.54, 1.807) is 0 Å². The molecule has 0 spiro atoms. The van der Waals surface area contributed by atoms with Crippen molar-refractivity contribution in [3.05, 3.63) is 34.9 Å². The molecule has 118 valence electrons. The van der Waals surface area contributed by atoms with Crippen LogP contribution in [-0.4, -0.2) is 29.0 Å². The van der Waals surface area contributed by atoms with Gasteiger partial charge in [0, 0.05) is 22.4 Å². The van der Waals surface area contributed by atoms with Crippen LogP contribution in [0.25, 0.3) is 0 Å². The second-order valence-electron chi connectivity index (χ2n) is 6.27. The van der Waals surface area contributed by atoms with Gasteiger partial charge in [0.15, 0.2) is 0 Å². The summed E-state index contributed by atoms with van der Waals surface area (Å²) < 4.78 is 0. The fourth-order valence-corrected chi connectivity index (χ4v) is 3.51. The lowest BCUT2D eigenvalue weighted by Crippen LogP contribution is -2.46. The van der Waals surface area contributed by atoms with Crippen LogP contribution in [-0.2, 0) is 5.75 Å². The zero-order valence-electron chi connectivity index (χ0n) is 12.8. The molecule has 0 radical (unpaired) electrons. The molecule has 4 heteroatoms. The first-order chi connectivity index (χ1) is 10.1. The summed E-state index contributed by atoms with van der Waals surface area (Å²) in [5.74, 6) is 2.22. The summed E-state index contributed by atoms with van der Waals surface area (Å²) in [7, 11) is 0. The Morgan fingerprint density at radius 1 is 1.29 bits per heavy atom. The summed E-state index contributed by atoms with van der Waals surface area (Å²) in [5, 5.41) is 13.9. The molecule has 0 bridgehead atoms. The zero-order valence-corrected chi connectivity index (χ0v) is 14.3. The number of hydrogen-bond donors (Lipinski definition) is 2. The van der Waals surface area contributed by atoms with Gasteiger partial charge in [-0.25, -0.2) is 0 Å². The van der Waals surface area contributed by atoms with Gasteiger partial charge in [-0.3, -0.25) is 0 Å². The third-order valence-corrected chi connectivity index (χ3v) is 5.29. The summed E-state index contributed by atoms with van der Waals surface area (Å²) in [6, 6.07) is 8.75. The molecule has 1 aromatic rings. The van der Waals surface area contributed by atoms with E-state index in [0.29, 0.717) is 6.04 Å². The molecule has 21 heavy (non-hydrogen) atoms. The van der Waals surface area contributed by atoms with Gasteiger partial charge in [-0.05, 0) is 56.1 Å². The minimum atomic E-state index is -0.0813. The van der Waals surface area contributed by atoms with E-state index in [1.807, 2.05) is 23.9 Å². The molecular weight excluding hydrogens is 302 g/mol. The Bertz CT molecular complexity index is 421. The summed E-state index contributed by atoms with van der Waals surface area (Å²) in [6.07, 6.45) is 5.98. The van der Waals surface area contributed by atoms with Gasteiger partial charge in [-0.1, -0.05) is 30.2 Å². The molecule has 2 N–H and O–H groups in total. The predicted octanol–water partition coefficient (Wildman–Crippen LogP) is 4.25. The number of aliphatic hydroxyl groups excluding tert-OH is 1. The molecule has 0 amide bonds.